The van der Waals surface area contributed by atoms with E-state index in [1.807, 2.05) is 6.92 Å². The van der Waals surface area contributed by atoms with Gasteiger partial charge in [0.2, 0.25) is 0 Å². The molecule has 1 heterocycles. The summed E-state index contributed by atoms with van der Waals surface area (Å²) in [5, 5.41) is 11.9. The van der Waals surface area contributed by atoms with E-state index in [0.29, 0.717) is 16.0 Å². The molecule has 3 nitrogen and oxygen atoms in total. The number of aromatic nitrogens is 2. The summed E-state index contributed by atoms with van der Waals surface area (Å²) in [6, 6.07) is 4.05. The molecule has 0 amide bonds. The summed E-state index contributed by atoms with van der Waals surface area (Å²) in [5.41, 5.74) is -0.647. The molecule has 1 aromatic carbocycles. The second-order valence-corrected chi connectivity index (χ2v) is 6.34. The van der Waals surface area contributed by atoms with Gasteiger partial charge in [-0.15, -0.1) is 10.2 Å². The van der Waals surface area contributed by atoms with Crippen LogP contribution in [0.1, 0.15) is 23.9 Å². The van der Waals surface area contributed by atoms with Crippen LogP contribution in [0.5, 0.6) is 0 Å². The second-order valence-electron chi connectivity index (χ2n) is 4.37. The number of rotatable bonds is 5. The first-order chi connectivity index (χ1) is 9.91. The van der Waals surface area contributed by atoms with Crippen molar-refractivity contribution in [1.29, 1.82) is 0 Å². The SMILES string of the molecule is CCCNCc1nnc(-c2ccc(Br)cc2C(F)(F)F)s1. The molecule has 0 aliphatic heterocycles. The van der Waals surface area contributed by atoms with Crippen molar-refractivity contribution in [2.24, 2.45) is 0 Å². The highest BCUT2D eigenvalue weighted by Gasteiger charge is 2.34. The van der Waals surface area contributed by atoms with E-state index in [0.717, 1.165) is 19.0 Å². The molecule has 0 unspecified atom stereocenters. The number of nitrogens with one attached hydrogen (secondary N) is 1. The van der Waals surface area contributed by atoms with Crippen LogP contribution >= 0.6 is 27.3 Å². The summed E-state index contributed by atoms with van der Waals surface area (Å²) in [6.45, 7) is 3.39. The Bertz CT molecular complexity index is 613. The lowest BCUT2D eigenvalue weighted by molar-refractivity contribution is -0.137. The van der Waals surface area contributed by atoms with Crippen molar-refractivity contribution in [2.45, 2.75) is 26.1 Å². The number of alkyl halides is 3. The van der Waals surface area contributed by atoms with Crippen LogP contribution in [-0.2, 0) is 12.7 Å². The summed E-state index contributed by atoms with van der Waals surface area (Å²) in [4.78, 5) is 0. The van der Waals surface area contributed by atoms with E-state index < -0.39 is 11.7 Å². The Morgan fingerprint density at radius 1 is 1.29 bits per heavy atom. The van der Waals surface area contributed by atoms with Crippen LogP contribution in [0, 0.1) is 0 Å². The normalized spacial score (nSPS) is 11.9. The third kappa shape index (κ3) is 4.24. The average molecular weight is 380 g/mol. The van der Waals surface area contributed by atoms with E-state index in [9.17, 15) is 13.2 Å². The molecule has 0 atom stereocenters. The van der Waals surface area contributed by atoms with Gasteiger partial charge >= 0.3 is 6.18 Å². The molecule has 1 N–H and O–H groups in total. The van der Waals surface area contributed by atoms with Gasteiger partial charge in [0.05, 0.1) is 5.56 Å². The maximum Gasteiger partial charge on any atom is 0.417 e. The number of hydrogen-bond acceptors (Lipinski definition) is 4. The van der Waals surface area contributed by atoms with Gasteiger partial charge in [-0.25, -0.2) is 0 Å². The van der Waals surface area contributed by atoms with Crippen molar-refractivity contribution in [1.82, 2.24) is 15.5 Å². The van der Waals surface area contributed by atoms with Gasteiger partial charge in [-0.3, -0.25) is 0 Å². The monoisotopic (exact) mass is 379 g/mol. The van der Waals surface area contributed by atoms with E-state index in [-0.39, 0.29) is 10.6 Å². The van der Waals surface area contributed by atoms with Crippen LogP contribution in [0.4, 0.5) is 13.2 Å². The third-order valence-corrected chi connectivity index (χ3v) is 4.14. The van der Waals surface area contributed by atoms with E-state index in [2.05, 4.69) is 31.4 Å². The van der Waals surface area contributed by atoms with Crippen LogP contribution in [0.15, 0.2) is 22.7 Å². The lowest BCUT2D eigenvalue weighted by Gasteiger charge is -2.11. The highest BCUT2D eigenvalue weighted by atomic mass is 79.9. The lowest BCUT2D eigenvalue weighted by Crippen LogP contribution is -2.13. The molecule has 0 fully saturated rings. The molecule has 0 saturated carbocycles. The Morgan fingerprint density at radius 2 is 2.05 bits per heavy atom. The standard InChI is InChI=1S/C13H13BrF3N3S/c1-2-5-18-7-11-19-20-12(21-11)9-4-3-8(14)6-10(9)13(15,16)17/h3-4,6,18H,2,5,7H2,1H3. The number of nitrogens with zero attached hydrogens (tertiary/aromatic N) is 2. The van der Waals surface area contributed by atoms with Crippen LogP contribution in [0.3, 0.4) is 0 Å². The molecule has 21 heavy (non-hydrogen) atoms. The van der Waals surface area contributed by atoms with Crippen molar-refractivity contribution in [3.63, 3.8) is 0 Å². The molecule has 0 spiro atoms. The second kappa shape index (κ2) is 6.85. The molecule has 0 aliphatic rings. The topological polar surface area (TPSA) is 37.8 Å². The predicted octanol–water partition coefficient (Wildman–Crippen LogP) is 4.49. The molecule has 0 aliphatic carbocycles. The molecule has 0 bridgehead atoms. The maximum atomic E-state index is 13.1. The Balaban J connectivity index is 2.30. The van der Waals surface area contributed by atoms with Gasteiger partial charge in [0.25, 0.3) is 0 Å². The van der Waals surface area contributed by atoms with Gasteiger partial charge in [0, 0.05) is 16.6 Å². The summed E-state index contributed by atoms with van der Waals surface area (Å²) in [7, 11) is 0. The minimum absolute atomic E-state index is 0.0601. The molecule has 2 rings (SSSR count). The highest BCUT2D eigenvalue weighted by Crippen LogP contribution is 2.39. The fraction of sp³-hybridized carbons (Fsp3) is 0.385. The molecule has 1 aromatic heterocycles. The Kier molecular flexibility index (Phi) is 5.34. The van der Waals surface area contributed by atoms with Crippen LogP contribution < -0.4 is 5.32 Å². The fourth-order valence-corrected chi connectivity index (χ4v) is 2.95. The summed E-state index contributed by atoms with van der Waals surface area (Å²) < 4.78 is 39.7. The van der Waals surface area contributed by atoms with Gasteiger partial charge < -0.3 is 5.32 Å². The smallest absolute Gasteiger partial charge is 0.310 e. The van der Waals surface area contributed by atoms with Gasteiger partial charge in [-0.05, 0) is 25.1 Å². The summed E-state index contributed by atoms with van der Waals surface area (Å²) in [6.07, 6.45) is -3.44. The van der Waals surface area contributed by atoms with Gasteiger partial charge in [0.15, 0.2) is 0 Å². The molecule has 0 radical (unpaired) electrons. The first-order valence-corrected chi connectivity index (χ1v) is 7.93. The summed E-state index contributed by atoms with van der Waals surface area (Å²) in [5.74, 6) is 0. The minimum Gasteiger partial charge on any atom is -0.310 e. The van der Waals surface area contributed by atoms with E-state index in [1.54, 1.807) is 6.07 Å². The Morgan fingerprint density at radius 3 is 2.71 bits per heavy atom. The molecule has 114 valence electrons. The van der Waals surface area contributed by atoms with Gasteiger partial charge in [-0.1, -0.05) is 40.3 Å². The number of halogens is 4. The number of benzene rings is 1. The van der Waals surface area contributed by atoms with E-state index in [4.69, 9.17) is 0 Å². The van der Waals surface area contributed by atoms with Crippen LogP contribution in [0.25, 0.3) is 10.6 Å². The zero-order chi connectivity index (χ0) is 15.5. The van der Waals surface area contributed by atoms with E-state index >= 15 is 0 Å². The van der Waals surface area contributed by atoms with Crippen LogP contribution in [-0.4, -0.2) is 16.7 Å². The summed E-state index contributed by atoms with van der Waals surface area (Å²) >= 11 is 4.24. The molecular weight excluding hydrogens is 367 g/mol. The van der Waals surface area contributed by atoms with Crippen molar-refractivity contribution >= 4 is 27.3 Å². The highest BCUT2D eigenvalue weighted by molar-refractivity contribution is 9.10. The van der Waals surface area contributed by atoms with E-state index in [1.165, 1.54) is 17.4 Å². The lowest BCUT2D eigenvalue weighted by atomic mass is 10.1. The Labute approximate surface area is 132 Å². The fourth-order valence-electron chi connectivity index (χ4n) is 1.74. The molecule has 8 heteroatoms. The molecule has 0 saturated heterocycles. The Hall–Kier alpha value is -0.990. The van der Waals surface area contributed by atoms with Crippen molar-refractivity contribution in [3.05, 3.63) is 33.2 Å². The number of hydrogen-bond donors (Lipinski definition) is 1. The quantitative estimate of drug-likeness (QED) is 0.777. The zero-order valence-electron chi connectivity index (χ0n) is 11.2. The van der Waals surface area contributed by atoms with Gasteiger partial charge in [0.1, 0.15) is 10.0 Å². The molecule has 2 aromatic rings. The zero-order valence-corrected chi connectivity index (χ0v) is 13.6. The first-order valence-electron chi connectivity index (χ1n) is 6.32. The van der Waals surface area contributed by atoms with Crippen molar-refractivity contribution in [3.8, 4) is 10.6 Å². The van der Waals surface area contributed by atoms with Crippen molar-refractivity contribution in [2.75, 3.05) is 6.54 Å². The maximum absolute atomic E-state index is 13.1. The average Bonchev–Trinajstić information content (AvgIpc) is 2.87. The predicted molar refractivity (Wildman–Crippen MR) is 80.0 cm³/mol. The minimum atomic E-state index is -4.43. The van der Waals surface area contributed by atoms with Gasteiger partial charge in [-0.2, -0.15) is 13.2 Å². The van der Waals surface area contributed by atoms with Crippen LogP contribution in [0.2, 0.25) is 0 Å². The molecular formula is C13H13BrF3N3S. The third-order valence-electron chi connectivity index (χ3n) is 2.69. The first kappa shape index (κ1) is 16.4. The van der Waals surface area contributed by atoms with Crippen molar-refractivity contribution < 1.29 is 13.2 Å². The largest absolute Gasteiger partial charge is 0.417 e.